The van der Waals surface area contributed by atoms with Gasteiger partial charge >= 0.3 is 0 Å². The van der Waals surface area contributed by atoms with Crippen LogP contribution >= 0.6 is 11.3 Å². The zero-order valence-corrected chi connectivity index (χ0v) is 71.5. The molecule has 132 heavy (non-hydrogen) atoms. The molecule has 9 aromatic heterocycles. The zero-order chi connectivity index (χ0) is 87.1. The van der Waals surface area contributed by atoms with Crippen LogP contribution in [0.5, 0.6) is 0 Å². The number of fused-ring (bicyclic) bond motifs is 18. The maximum Gasteiger partial charge on any atom is 0.238 e. The van der Waals surface area contributed by atoms with Crippen LogP contribution in [0.25, 0.3) is 249 Å². The van der Waals surface area contributed by atoms with Crippen molar-refractivity contribution >= 4 is 141 Å². The van der Waals surface area contributed by atoms with Crippen molar-refractivity contribution in [3.63, 3.8) is 0 Å². The fraction of sp³-hybridized carbons (Fsp3) is 0. The SMILES string of the molecule is c1ccc(-c2nc(-c3ccccc3)nc(-n3c4ccccc4c4cc(-c5ccc6oc7ccccc7c6c5)ccc43)n2)cc1.c1ccc(-c2nc(-c3ccccc3)nc(-n3c4ccccc4c4cc(-c5ccc6sc7ccccc7c6c5)ccc43)n2)cc1.c1ccc(-c2nc(-c3ccccc3)nc(-n3c4ccccc4c4cc(-c5cccc6c5oc5ccccc56)ccc43)n2)cc1. The first-order chi connectivity index (χ1) is 65.4. The van der Waals surface area contributed by atoms with Crippen LogP contribution < -0.4 is 0 Å². The van der Waals surface area contributed by atoms with Gasteiger partial charge in [-0.2, -0.15) is 29.9 Å². The van der Waals surface area contributed by atoms with Crippen LogP contribution in [0.1, 0.15) is 0 Å². The Hall–Kier alpha value is -17.8. The monoisotopic (exact) mass is 1710 g/mol. The third kappa shape index (κ3) is 13.6. The molecular formula is C117H72N12O2S. The van der Waals surface area contributed by atoms with Gasteiger partial charge in [-0.3, -0.25) is 13.7 Å². The maximum absolute atomic E-state index is 6.39. The number of aromatic nitrogens is 12. The summed E-state index contributed by atoms with van der Waals surface area (Å²) in [6.07, 6.45) is 0. The first-order valence-corrected chi connectivity index (χ1v) is 44.7. The lowest BCUT2D eigenvalue weighted by Gasteiger charge is -2.11. The summed E-state index contributed by atoms with van der Waals surface area (Å²) >= 11 is 1.85. The van der Waals surface area contributed by atoms with Crippen molar-refractivity contribution in [1.29, 1.82) is 0 Å². The van der Waals surface area contributed by atoms with Crippen molar-refractivity contribution in [3.8, 4) is 120 Å². The Morgan fingerprint density at radius 3 is 0.864 bits per heavy atom. The summed E-state index contributed by atoms with van der Waals surface area (Å²) in [7, 11) is 0. The van der Waals surface area contributed by atoms with Gasteiger partial charge in [-0.25, -0.2) is 15.0 Å². The van der Waals surface area contributed by atoms with Crippen LogP contribution in [0, 0.1) is 0 Å². The normalized spacial score (nSPS) is 11.6. The van der Waals surface area contributed by atoms with Crippen LogP contribution in [0.3, 0.4) is 0 Å². The average molecular weight is 1710 g/mol. The van der Waals surface area contributed by atoms with Gasteiger partial charge in [-0.05, 0) is 125 Å². The summed E-state index contributed by atoms with van der Waals surface area (Å²) in [4.78, 5) is 45.0. The third-order valence-electron chi connectivity index (χ3n) is 24.8. The van der Waals surface area contributed by atoms with Crippen molar-refractivity contribution in [3.05, 3.63) is 437 Å². The van der Waals surface area contributed by atoms with E-state index in [0.717, 1.165) is 165 Å². The topological polar surface area (TPSA) is 157 Å². The predicted molar refractivity (Wildman–Crippen MR) is 539 cm³/mol. The van der Waals surface area contributed by atoms with E-state index in [9.17, 15) is 0 Å². The molecule has 0 fully saturated rings. The second-order valence-corrected chi connectivity index (χ2v) is 33.8. The van der Waals surface area contributed by atoms with Crippen molar-refractivity contribution in [2.75, 3.05) is 0 Å². The van der Waals surface area contributed by atoms with Crippen molar-refractivity contribution in [1.82, 2.24) is 58.6 Å². The molecule has 0 aliphatic heterocycles. The Bertz CT molecular complexity index is 8630. The highest BCUT2D eigenvalue weighted by Crippen LogP contribution is 2.45. The average Bonchev–Trinajstić information content (AvgIpc) is 1.58. The van der Waals surface area contributed by atoms with E-state index < -0.39 is 0 Å². The highest BCUT2D eigenvalue weighted by atomic mass is 32.1. The minimum atomic E-state index is 0.580. The molecule has 0 spiro atoms. The first-order valence-electron chi connectivity index (χ1n) is 43.9. The lowest BCUT2D eigenvalue weighted by molar-refractivity contribution is 0.669. The number of hydrogen-bond acceptors (Lipinski definition) is 12. The highest BCUT2D eigenvalue weighted by molar-refractivity contribution is 7.25. The molecule has 0 aliphatic carbocycles. The molecule has 0 saturated carbocycles. The summed E-state index contributed by atoms with van der Waals surface area (Å²) in [6.45, 7) is 0. The molecule has 15 heteroatoms. The molecule has 0 N–H and O–H groups in total. The van der Waals surface area contributed by atoms with E-state index in [2.05, 4.69) is 244 Å². The number of benzene rings is 18. The van der Waals surface area contributed by atoms with E-state index in [1.165, 1.54) is 31.3 Å². The molecule has 0 atom stereocenters. The second-order valence-electron chi connectivity index (χ2n) is 32.7. The molecule has 9 heterocycles. The first kappa shape index (κ1) is 76.6. The summed E-state index contributed by atoms with van der Waals surface area (Å²) in [5.41, 5.74) is 22.3. The van der Waals surface area contributed by atoms with Gasteiger partial charge in [0.15, 0.2) is 34.9 Å². The molecule has 0 saturated heterocycles. The molecule has 0 unspecified atom stereocenters. The fourth-order valence-corrected chi connectivity index (χ4v) is 19.7. The number of hydrogen-bond donors (Lipinski definition) is 0. The van der Waals surface area contributed by atoms with Gasteiger partial charge in [0.1, 0.15) is 22.3 Å². The Balaban J connectivity index is 0.000000106. The molecule has 0 amide bonds. The standard InChI is InChI=1S/2C39H24N4O.C39H24N4S/c1-3-12-25(13-4-1)37-40-38(26-14-5-2-6-15-26)42-39(41-37)43-33-20-9-7-16-29(33)32-24-27(22-23-34(32)43)28-18-11-19-31-30-17-8-10-21-35(30)44-36(28)31;2*1-3-11-25(12-4-1)37-40-38(26-13-5-2-6-14-26)42-39(41-37)43-33-17-9-7-15-29(33)31-23-27(19-21-34(31)43)28-20-22-36-32(24-28)30-16-8-10-18-35(30)44-36/h3*1-24H. The van der Waals surface area contributed by atoms with Crippen LogP contribution in [0.2, 0.25) is 0 Å². The van der Waals surface area contributed by atoms with Gasteiger partial charge in [0.25, 0.3) is 0 Å². The lowest BCUT2D eigenvalue weighted by atomic mass is 10.0. The van der Waals surface area contributed by atoms with Crippen molar-refractivity contribution in [2.45, 2.75) is 0 Å². The molecule has 27 aromatic rings. The Morgan fingerprint density at radius 2 is 0.447 bits per heavy atom. The molecule has 27 rings (SSSR count). The Kier molecular flexibility index (Phi) is 18.7. The van der Waals surface area contributed by atoms with E-state index >= 15 is 0 Å². The van der Waals surface area contributed by atoms with E-state index in [4.69, 9.17) is 53.7 Å². The summed E-state index contributed by atoms with van der Waals surface area (Å²) in [5, 5.41) is 14.0. The zero-order valence-electron chi connectivity index (χ0n) is 70.7. The summed E-state index contributed by atoms with van der Waals surface area (Å²) in [6, 6.07) is 151. The number of thiophene rings is 1. The second kappa shape index (κ2) is 32.3. The van der Waals surface area contributed by atoms with Crippen molar-refractivity contribution < 1.29 is 8.83 Å². The number of nitrogens with zero attached hydrogens (tertiary/aromatic N) is 12. The van der Waals surface area contributed by atoms with Gasteiger partial charge < -0.3 is 8.83 Å². The summed E-state index contributed by atoms with van der Waals surface area (Å²) in [5.74, 6) is 5.60. The van der Waals surface area contributed by atoms with E-state index in [0.29, 0.717) is 52.8 Å². The molecule has 618 valence electrons. The highest BCUT2D eigenvalue weighted by Gasteiger charge is 2.25. The Labute approximate surface area is 759 Å². The van der Waals surface area contributed by atoms with Crippen LogP contribution in [0.4, 0.5) is 0 Å². The lowest BCUT2D eigenvalue weighted by Crippen LogP contribution is -2.06. The van der Waals surface area contributed by atoms with Crippen LogP contribution in [-0.4, -0.2) is 58.6 Å². The predicted octanol–water partition coefficient (Wildman–Crippen LogP) is 30.1. The van der Waals surface area contributed by atoms with E-state index in [1.54, 1.807) is 0 Å². The molecule has 14 nitrogen and oxygen atoms in total. The molecule has 18 aromatic carbocycles. The number of para-hydroxylation sites is 6. The Morgan fingerprint density at radius 1 is 0.167 bits per heavy atom. The van der Waals surface area contributed by atoms with Gasteiger partial charge in [0, 0.05) is 113 Å². The van der Waals surface area contributed by atoms with Crippen LogP contribution in [0.15, 0.2) is 446 Å². The molecule has 0 bridgehead atoms. The summed E-state index contributed by atoms with van der Waals surface area (Å²) < 4.78 is 21.6. The fourth-order valence-electron chi connectivity index (χ4n) is 18.6. The maximum atomic E-state index is 6.39. The van der Waals surface area contributed by atoms with Gasteiger partial charge in [0.2, 0.25) is 17.8 Å². The van der Waals surface area contributed by atoms with E-state index in [1.807, 2.05) is 218 Å². The molecular weight excluding hydrogens is 1640 g/mol. The van der Waals surface area contributed by atoms with E-state index in [-0.39, 0.29) is 0 Å². The number of rotatable bonds is 12. The molecule has 0 aliphatic rings. The minimum absolute atomic E-state index is 0.580. The third-order valence-corrected chi connectivity index (χ3v) is 26.0. The van der Waals surface area contributed by atoms with Crippen LogP contribution in [-0.2, 0) is 0 Å². The number of furan rings is 2. The smallest absolute Gasteiger partial charge is 0.238 e. The minimum Gasteiger partial charge on any atom is -0.456 e. The van der Waals surface area contributed by atoms with Gasteiger partial charge in [-0.15, -0.1) is 11.3 Å². The van der Waals surface area contributed by atoms with Crippen molar-refractivity contribution in [2.24, 2.45) is 0 Å². The quantitative estimate of drug-likeness (QED) is 0.115. The van der Waals surface area contributed by atoms with Gasteiger partial charge in [0.05, 0.1) is 33.1 Å². The van der Waals surface area contributed by atoms with Gasteiger partial charge in [-0.1, -0.05) is 340 Å². The largest absolute Gasteiger partial charge is 0.456 e. The molecule has 0 radical (unpaired) electrons.